The van der Waals surface area contributed by atoms with E-state index in [-0.39, 0.29) is 11.5 Å². The van der Waals surface area contributed by atoms with Gasteiger partial charge in [0, 0.05) is 43.8 Å². The molecule has 6 heteroatoms. The number of methoxy groups -OCH3 is 1. The van der Waals surface area contributed by atoms with Crippen LogP contribution in [-0.4, -0.2) is 54.0 Å². The number of aromatic amines is 1. The molecule has 3 aromatic rings. The van der Waals surface area contributed by atoms with Gasteiger partial charge in [0.2, 0.25) is 0 Å². The Labute approximate surface area is 169 Å². The third-order valence-corrected chi connectivity index (χ3v) is 5.47. The molecule has 1 aliphatic rings. The van der Waals surface area contributed by atoms with Crippen molar-refractivity contribution in [3.05, 3.63) is 75.6 Å². The fourth-order valence-electron chi connectivity index (χ4n) is 3.83. The van der Waals surface area contributed by atoms with Crippen molar-refractivity contribution in [2.24, 2.45) is 0 Å². The second-order valence-electron chi connectivity index (χ2n) is 7.48. The SMILES string of the molecule is COc1ccccc1C(=O)N1CCN(Cc2cc3cc(C)ccc3[nH]c2=O)CC1. The lowest BCUT2D eigenvalue weighted by Crippen LogP contribution is -2.48. The van der Waals surface area contributed by atoms with Crippen molar-refractivity contribution in [1.82, 2.24) is 14.8 Å². The maximum atomic E-state index is 12.8. The molecule has 0 bridgehead atoms. The van der Waals surface area contributed by atoms with Gasteiger partial charge in [-0.15, -0.1) is 0 Å². The minimum atomic E-state index is -0.0473. The van der Waals surface area contributed by atoms with E-state index in [2.05, 4.69) is 16.0 Å². The van der Waals surface area contributed by atoms with Gasteiger partial charge in [0.1, 0.15) is 5.75 Å². The molecule has 0 aliphatic carbocycles. The largest absolute Gasteiger partial charge is 0.496 e. The first-order valence-corrected chi connectivity index (χ1v) is 9.82. The molecule has 1 saturated heterocycles. The zero-order valence-corrected chi connectivity index (χ0v) is 16.8. The van der Waals surface area contributed by atoms with Crippen LogP contribution in [0, 0.1) is 6.92 Å². The molecule has 0 atom stereocenters. The number of fused-ring (bicyclic) bond motifs is 1. The van der Waals surface area contributed by atoms with E-state index in [1.807, 2.05) is 42.2 Å². The van der Waals surface area contributed by atoms with E-state index in [0.29, 0.717) is 30.9 Å². The molecule has 6 nitrogen and oxygen atoms in total. The summed E-state index contributed by atoms with van der Waals surface area (Å²) in [6.45, 7) is 5.33. The summed E-state index contributed by atoms with van der Waals surface area (Å²) in [6.07, 6.45) is 0. The molecule has 1 aliphatic heterocycles. The first-order valence-electron chi connectivity index (χ1n) is 9.82. The van der Waals surface area contributed by atoms with Gasteiger partial charge < -0.3 is 14.6 Å². The van der Waals surface area contributed by atoms with Gasteiger partial charge in [-0.25, -0.2) is 0 Å². The Kier molecular flexibility index (Phi) is 5.36. The van der Waals surface area contributed by atoms with Crippen LogP contribution in [0.3, 0.4) is 0 Å². The zero-order valence-electron chi connectivity index (χ0n) is 16.8. The normalized spacial score (nSPS) is 14.9. The molecular weight excluding hydrogens is 366 g/mol. The minimum Gasteiger partial charge on any atom is -0.496 e. The van der Waals surface area contributed by atoms with Crippen LogP contribution in [0.5, 0.6) is 5.75 Å². The van der Waals surface area contributed by atoms with E-state index < -0.39 is 0 Å². The molecule has 0 spiro atoms. The number of ether oxygens (including phenoxy) is 1. The predicted octanol–water partition coefficient (Wildman–Crippen LogP) is 2.80. The first kappa shape index (κ1) is 19.2. The number of aryl methyl sites for hydroxylation is 1. The quantitative estimate of drug-likeness (QED) is 0.743. The fraction of sp³-hybridized carbons (Fsp3) is 0.304. The molecule has 29 heavy (non-hydrogen) atoms. The predicted molar refractivity (Wildman–Crippen MR) is 113 cm³/mol. The summed E-state index contributed by atoms with van der Waals surface area (Å²) in [5, 5.41) is 1.05. The monoisotopic (exact) mass is 391 g/mol. The summed E-state index contributed by atoms with van der Waals surface area (Å²) in [4.78, 5) is 32.4. The number of carbonyl (C=O) groups excluding carboxylic acids is 1. The van der Waals surface area contributed by atoms with Gasteiger partial charge in [-0.3, -0.25) is 14.5 Å². The fourth-order valence-corrected chi connectivity index (χ4v) is 3.83. The Balaban J connectivity index is 1.44. The highest BCUT2D eigenvalue weighted by molar-refractivity contribution is 5.97. The van der Waals surface area contributed by atoms with Crippen molar-refractivity contribution in [1.29, 1.82) is 0 Å². The summed E-state index contributed by atoms with van der Waals surface area (Å²) in [6, 6.07) is 15.3. The number of aromatic nitrogens is 1. The average Bonchev–Trinajstić information content (AvgIpc) is 2.74. The molecule has 1 fully saturated rings. The van der Waals surface area contributed by atoms with Crippen LogP contribution in [-0.2, 0) is 6.54 Å². The molecule has 2 aromatic carbocycles. The van der Waals surface area contributed by atoms with Gasteiger partial charge in [-0.2, -0.15) is 0 Å². The van der Waals surface area contributed by atoms with E-state index in [1.54, 1.807) is 19.2 Å². The van der Waals surface area contributed by atoms with Gasteiger partial charge in [-0.1, -0.05) is 23.8 Å². The highest BCUT2D eigenvalue weighted by Gasteiger charge is 2.24. The Morgan fingerprint density at radius 1 is 1.07 bits per heavy atom. The van der Waals surface area contributed by atoms with E-state index in [9.17, 15) is 9.59 Å². The summed E-state index contributed by atoms with van der Waals surface area (Å²) in [5.41, 5.74) is 3.32. The molecule has 1 amide bonds. The number of hydrogen-bond acceptors (Lipinski definition) is 4. The van der Waals surface area contributed by atoms with E-state index in [0.717, 1.165) is 29.6 Å². The van der Waals surface area contributed by atoms with Crippen LogP contribution >= 0.6 is 0 Å². The van der Waals surface area contributed by atoms with E-state index in [4.69, 9.17) is 4.74 Å². The number of benzene rings is 2. The molecule has 1 aromatic heterocycles. The molecule has 0 unspecified atom stereocenters. The van der Waals surface area contributed by atoms with Gasteiger partial charge >= 0.3 is 0 Å². The second-order valence-corrected chi connectivity index (χ2v) is 7.48. The lowest BCUT2D eigenvalue weighted by molar-refractivity contribution is 0.0625. The van der Waals surface area contributed by atoms with Crippen LogP contribution in [0.2, 0.25) is 0 Å². The molecule has 0 saturated carbocycles. The van der Waals surface area contributed by atoms with Crippen molar-refractivity contribution < 1.29 is 9.53 Å². The number of hydrogen-bond donors (Lipinski definition) is 1. The van der Waals surface area contributed by atoms with Crippen LogP contribution < -0.4 is 10.3 Å². The standard InChI is InChI=1S/C23H25N3O3/c1-16-7-8-20-17(13-16)14-18(22(27)24-20)15-25-9-11-26(12-10-25)23(28)19-5-3-4-6-21(19)29-2/h3-8,13-14H,9-12,15H2,1-2H3,(H,24,27). The minimum absolute atomic E-state index is 0.0128. The molecule has 150 valence electrons. The number of amides is 1. The van der Waals surface area contributed by atoms with Crippen molar-refractivity contribution in [2.75, 3.05) is 33.3 Å². The molecule has 1 N–H and O–H groups in total. The maximum absolute atomic E-state index is 12.8. The number of pyridine rings is 1. The number of para-hydroxylation sites is 1. The smallest absolute Gasteiger partial charge is 0.257 e. The van der Waals surface area contributed by atoms with Crippen LogP contribution in [0.4, 0.5) is 0 Å². The second kappa shape index (κ2) is 8.09. The van der Waals surface area contributed by atoms with Crippen molar-refractivity contribution in [3.63, 3.8) is 0 Å². The summed E-state index contributed by atoms with van der Waals surface area (Å²) in [5.74, 6) is 0.582. The summed E-state index contributed by atoms with van der Waals surface area (Å²) >= 11 is 0. The molecule has 0 radical (unpaired) electrons. The lowest BCUT2D eigenvalue weighted by Gasteiger charge is -2.34. The molecule has 2 heterocycles. The number of H-pyrrole nitrogens is 1. The number of carbonyl (C=O) groups is 1. The number of piperazine rings is 1. The topological polar surface area (TPSA) is 65.6 Å². The highest BCUT2D eigenvalue weighted by atomic mass is 16.5. The van der Waals surface area contributed by atoms with Crippen LogP contribution in [0.1, 0.15) is 21.5 Å². The molecular formula is C23H25N3O3. The summed E-state index contributed by atoms with van der Waals surface area (Å²) < 4.78 is 5.32. The number of rotatable bonds is 4. The van der Waals surface area contributed by atoms with Crippen LogP contribution in [0.25, 0.3) is 10.9 Å². The molecule has 4 rings (SSSR count). The Morgan fingerprint density at radius 2 is 1.83 bits per heavy atom. The van der Waals surface area contributed by atoms with Crippen molar-refractivity contribution >= 4 is 16.8 Å². The lowest BCUT2D eigenvalue weighted by atomic mass is 10.1. The first-order chi connectivity index (χ1) is 14.0. The van der Waals surface area contributed by atoms with Gasteiger partial charge in [0.15, 0.2) is 0 Å². The van der Waals surface area contributed by atoms with Gasteiger partial charge in [0.05, 0.1) is 12.7 Å². The highest BCUT2D eigenvalue weighted by Crippen LogP contribution is 2.20. The Bertz CT molecular complexity index is 1100. The van der Waals surface area contributed by atoms with Crippen LogP contribution in [0.15, 0.2) is 53.3 Å². The van der Waals surface area contributed by atoms with E-state index >= 15 is 0 Å². The number of nitrogens with zero attached hydrogens (tertiary/aromatic N) is 2. The zero-order chi connectivity index (χ0) is 20.4. The Hall–Kier alpha value is -3.12. The average molecular weight is 391 g/mol. The van der Waals surface area contributed by atoms with Crippen molar-refractivity contribution in [3.8, 4) is 5.75 Å². The third kappa shape index (κ3) is 4.03. The third-order valence-electron chi connectivity index (χ3n) is 5.47. The van der Waals surface area contributed by atoms with Crippen molar-refractivity contribution in [2.45, 2.75) is 13.5 Å². The number of nitrogens with one attached hydrogen (secondary N) is 1. The summed E-state index contributed by atoms with van der Waals surface area (Å²) in [7, 11) is 1.58. The maximum Gasteiger partial charge on any atom is 0.257 e. The Morgan fingerprint density at radius 3 is 2.59 bits per heavy atom. The van der Waals surface area contributed by atoms with Gasteiger partial charge in [-0.05, 0) is 42.6 Å². The van der Waals surface area contributed by atoms with Gasteiger partial charge in [0.25, 0.3) is 11.5 Å². The van der Waals surface area contributed by atoms with E-state index in [1.165, 1.54) is 5.56 Å².